The van der Waals surface area contributed by atoms with Crippen molar-refractivity contribution in [1.29, 1.82) is 0 Å². The van der Waals surface area contributed by atoms with Gasteiger partial charge in [-0.25, -0.2) is 4.98 Å². The number of aromatic nitrogens is 6. The second-order valence-electron chi connectivity index (χ2n) is 7.20. The van der Waals surface area contributed by atoms with Crippen molar-refractivity contribution in [3.8, 4) is 22.5 Å². The maximum atomic E-state index is 10.5. The Kier molecular flexibility index (Phi) is 9.15. The van der Waals surface area contributed by atoms with Gasteiger partial charge < -0.3 is 19.9 Å². The van der Waals surface area contributed by atoms with Crippen molar-refractivity contribution >= 4 is 11.6 Å². The Balaban J connectivity index is 0.00000289. The molecule has 32 heavy (non-hydrogen) atoms. The molecule has 0 amide bonds. The molecule has 1 unspecified atom stereocenters. The number of tetrazole rings is 1. The SMILES string of the molecule is CCCC(O)c1nc(Cl)c(CO)n1Cc1ccc(-c2ccccc2-c2nnn[n-]2)cc1.[K+]. The summed E-state index contributed by atoms with van der Waals surface area (Å²) in [6.45, 7) is 2.18. The molecule has 2 aromatic heterocycles. The van der Waals surface area contributed by atoms with Crippen molar-refractivity contribution in [1.82, 2.24) is 30.2 Å². The Bertz CT molecular complexity index is 1150. The molecule has 0 bridgehead atoms. The minimum absolute atomic E-state index is 0. The van der Waals surface area contributed by atoms with Gasteiger partial charge in [-0.1, -0.05) is 73.5 Å². The second-order valence-corrected chi connectivity index (χ2v) is 7.56. The van der Waals surface area contributed by atoms with Gasteiger partial charge in [-0.05, 0) is 28.7 Å². The number of aliphatic hydroxyl groups is 2. The summed E-state index contributed by atoms with van der Waals surface area (Å²) in [5.41, 5.74) is 4.32. The maximum Gasteiger partial charge on any atom is 1.00 e. The van der Waals surface area contributed by atoms with Crippen molar-refractivity contribution in [2.24, 2.45) is 0 Å². The molecule has 1 atom stereocenters. The van der Waals surface area contributed by atoms with Crippen molar-refractivity contribution < 1.29 is 61.6 Å². The van der Waals surface area contributed by atoms with Crippen LogP contribution in [0.5, 0.6) is 0 Å². The number of hydrogen-bond donors (Lipinski definition) is 2. The van der Waals surface area contributed by atoms with Crippen LogP contribution in [0.4, 0.5) is 0 Å². The van der Waals surface area contributed by atoms with Gasteiger partial charge in [0.2, 0.25) is 0 Å². The number of halogens is 1. The van der Waals surface area contributed by atoms with E-state index in [1.54, 1.807) is 4.57 Å². The number of rotatable bonds is 8. The van der Waals surface area contributed by atoms with Gasteiger partial charge in [-0.3, -0.25) is 10.3 Å². The van der Waals surface area contributed by atoms with Gasteiger partial charge in [-0.15, -0.1) is 0 Å². The fourth-order valence-electron chi connectivity index (χ4n) is 3.61. The summed E-state index contributed by atoms with van der Waals surface area (Å²) in [4.78, 5) is 4.29. The molecule has 10 heteroatoms. The summed E-state index contributed by atoms with van der Waals surface area (Å²) in [5.74, 6) is 0.952. The van der Waals surface area contributed by atoms with E-state index in [1.807, 2.05) is 55.5 Å². The van der Waals surface area contributed by atoms with Gasteiger partial charge in [-0.2, -0.15) is 5.21 Å². The van der Waals surface area contributed by atoms with E-state index in [-0.39, 0.29) is 63.1 Å². The van der Waals surface area contributed by atoms with Gasteiger partial charge in [0.1, 0.15) is 11.9 Å². The van der Waals surface area contributed by atoms with Crippen LogP contribution in [0.15, 0.2) is 48.5 Å². The van der Waals surface area contributed by atoms with Crippen LogP contribution in [-0.2, 0) is 13.2 Å². The van der Waals surface area contributed by atoms with Crippen LogP contribution < -0.4 is 56.5 Å². The van der Waals surface area contributed by atoms with E-state index >= 15 is 0 Å². The molecule has 160 valence electrons. The number of imidazole rings is 1. The number of hydrogen-bond acceptors (Lipinski definition) is 6. The Morgan fingerprint density at radius 1 is 1.09 bits per heavy atom. The summed E-state index contributed by atoms with van der Waals surface area (Å²) in [6.07, 6.45) is 0.647. The number of nitrogens with zero attached hydrogens (tertiary/aromatic N) is 6. The minimum Gasteiger partial charge on any atom is -0.390 e. The van der Waals surface area contributed by atoms with Crippen LogP contribution in [0.3, 0.4) is 0 Å². The van der Waals surface area contributed by atoms with Crippen LogP contribution in [0, 0.1) is 0 Å². The molecule has 0 aliphatic carbocycles. The first kappa shape index (κ1) is 25.2. The molecular formula is C22H22ClKN6O2. The van der Waals surface area contributed by atoms with E-state index in [9.17, 15) is 10.2 Å². The average molecular weight is 477 g/mol. The monoisotopic (exact) mass is 476 g/mol. The third-order valence-electron chi connectivity index (χ3n) is 5.16. The Morgan fingerprint density at radius 2 is 1.81 bits per heavy atom. The number of benzene rings is 2. The molecule has 8 nitrogen and oxygen atoms in total. The summed E-state index contributed by atoms with van der Waals surface area (Å²) >= 11 is 6.21. The normalized spacial score (nSPS) is 11.9. The van der Waals surface area contributed by atoms with Crippen molar-refractivity contribution in [2.75, 3.05) is 0 Å². The van der Waals surface area contributed by atoms with E-state index in [0.29, 0.717) is 30.3 Å². The van der Waals surface area contributed by atoms with E-state index in [0.717, 1.165) is 28.7 Å². The molecule has 0 fully saturated rings. The second kappa shape index (κ2) is 11.6. The average Bonchev–Trinajstić information content (AvgIpc) is 3.43. The van der Waals surface area contributed by atoms with Crippen LogP contribution in [0.1, 0.15) is 43.0 Å². The Hall–Kier alpha value is -1.43. The van der Waals surface area contributed by atoms with Gasteiger partial charge in [0.25, 0.3) is 0 Å². The first-order valence-corrected chi connectivity index (χ1v) is 10.4. The Labute approximate surface area is 233 Å². The summed E-state index contributed by atoms with van der Waals surface area (Å²) < 4.78 is 1.79. The quantitative estimate of drug-likeness (QED) is 0.354. The molecule has 4 rings (SSSR count). The molecule has 0 saturated heterocycles. The molecule has 0 aliphatic heterocycles. The predicted molar refractivity (Wildman–Crippen MR) is 116 cm³/mol. The third-order valence-corrected chi connectivity index (χ3v) is 5.46. The van der Waals surface area contributed by atoms with Gasteiger partial charge in [0.05, 0.1) is 12.3 Å². The summed E-state index contributed by atoms with van der Waals surface area (Å²) in [6, 6.07) is 15.8. The van der Waals surface area contributed by atoms with E-state index in [4.69, 9.17) is 11.6 Å². The molecular weight excluding hydrogens is 455 g/mol. The number of aliphatic hydroxyl groups excluding tert-OH is 2. The zero-order valence-electron chi connectivity index (χ0n) is 18.0. The predicted octanol–water partition coefficient (Wildman–Crippen LogP) is 0.391. The fourth-order valence-corrected chi connectivity index (χ4v) is 3.86. The summed E-state index contributed by atoms with van der Waals surface area (Å²) in [7, 11) is 0. The molecule has 2 N–H and O–H groups in total. The van der Waals surface area contributed by atoms with Crippen molar-refractivity contribution in [2.45, 2.75) is 39.0 Å². The van der Waals surface area contributed by atoms with Gasteiger partial charge in [0.15, 0.2) is 5.15 Å². The largest absolute Gasteiger partial charge is 1.00 e. The molecule has 0 aliphatic rings. The van der Waals surface area contributed by atoms with Crippen LogP contribution >= 0.6 is 11.6 Å². The van der Waals surface area contributed by atoms with E-state index in [2.05, 4.69) is 25.6 Å². The van der Waals surface area contributed by atoms with Crippen LogP contribution in [0.25, 0.3) is 22.5 Å². The zero-order valence-corrected chi connectivity index (χ0v) is 21.9. The van der Waals surface area contributed by atoms with E-state index < -0.39 is 6.10 Å². The molecule has 2 aromatic carbocycles. The van der Waals surface area contributed by atoms with Crippen molar-refractivity contribution in [3.05, 3.63) is 70.8 Å². The fraction of sp³-hybridized carbons (Fsp3) is 0.273. The first-order chi connectivity index (χ1) is 15.1. The van der Waals surface area contributed by atoms with E-state index in [1.165, 1.54) is 0 Å². The van der Waals surface area contributed by atoms with Crippen LogP contribution in [-0.4, -0.2) is 35.3 Å². The Morgan fingerprint density at radius 3 is 2.44 bits per heavy atom. The zero-order chi connectivity index (χ0) is 21.8. The molecule has 4 aromatic rings. The van der Waals surface area contributed by atoms with Crippen molar-refractivity contribution in [3.63, 3.8) is 0 Å². The molecule has 0 saturated carbocycles. The minimum atomic E-state index is -0.735. The molecule has 2 heterocycles. The first-order valence-electron chi connectivity index (χ1n) is 10.0. The topological polar surface area (TPSA) is 111 Å². The van der Waals surface area contributed by atoms with Crippen LogP contribution in [0.2, 0.25) is 5.15 Å². The smallest absolute Gasteiger partial charge is 0.390 e. The maximum absolute atomic E-state index is 10.5. The van der Waals surface area contributed by atoms with Gasteiger partial charge in [0, 0.05) is 12.4 Å². The third kappa shape index (κ3) is 5.37. The standard InChI is InChI=1S/C22H22ClN6O2.K/c1-2-5-19(31)22-24-20(23)18(13-30)29(22)12-14-8-10-15(11-9-14)16-6-3-4-7-17(16)21-25-27-28-26-21;/h3-4,6-11,19,30-31H,2,5,12-13H2,1H3;/q-1;+1. The molecule has 0 radical (unpaired) electrons. The van der Waals surface area contributed by atoms with Gasteiger partial charge >= 0.3 is 51.4 Å². The summed E-state index contributed by atoms with van der Waals surface area (Å²) in [5, 5.41) is 35.6. The molecule has 0 spiro atoms.